The molecule has 1 heterocycles. The third-order valence-electron chi connectivity index (χ3n) is 3.79. The highest BCUT2D eigenvalue weighted by molar-refractivity contribution is 6.30. The van der Waals surface area contributed by atoms with Gasteiger partial charge in [-0.15, -0.1) is 0 Å². The van der Waals surface area contributed by atoms with Crippen molar-refractivity contribution in [2.75, 3.05) is 19.0 Å². The van der Waals surface area contributed by atoms with Crippen LogP contribution >= 0.6 is 11.6 Å². The van der Waals surface area contributed by atoms with Crippen molar-refractivity contribution < 1.29 is 9.53 Å². The summed E-state index contributed by atoms with van der Waals surface area (Å²) in [5.74, 6) is 0.859. The number of methoxy groups -OCH3 is 1. The zero-order valence-electron chi connectivity index (χ0n) is 12.8. The first-order valence-electron chi connectivity index (χ1n) is 7.51. The summed E-state index contributed by atoms with van der Waals surface area (Å²) in [5, 5.41) is 10.7. The number of halogens is 1. The topological polar surface area (TPSA) is 68.2 Å². The molecule has 2 amide bonds. The van der Waals surface area contributed by atoms with Crippen molar-refractivity contribution in [2.45, 2.75) is 24.9 Å². The Morgan fingerprint density at radius 3 is 3.13 bits per heavy atom. The number of nitrogens with one attached hydrogen (secondary N) is 2. The lowest BCUT2D eigenvalue weighted by atomic mass is 10.1. The number of hydrogen-bond acceptors (Lipinski definition) is 3. The maximum absolute atomic E-state index is 12.0. The maximum atomic E-state index is 12.0. The number of carbonyl (C=O) groups is 1. The first-order valence-corrected chi connectivity index (χ1v) is 7.89. The number of ether oxygens (including phenoxy) is 1. The van der Waals surface area contributed by atoms with Crippen LogP contribution in [0.4, 0.5) is 10.6 Å². The normalized spacial score (nSPS) is 19.4. The van der Waals surface area contributed by atoms with Crippen LogP contribution in [-0.2, 0) is 11.3 Å². The number of urea groups is 1. The SMILES string of the molecule is COCCn1ccc(NC(=O)N[C@@H]2C[C@H]2c2cccc(Cl)c2)n1. The zero-order chi connectivity index (χ0) is 16.2. The molecule has 1 aliphatic carbocycles. The molecule has 0 spiro atoms. The Kier molecular flexibility index (Phi) is 4.83. The van der Waals surface area contributed by atoms with Crippen LogP contribution < -0.4 is 10.6 Å². The van der Waals surface area contributed by atoms with Crippen LogP contribution in [0.25, 0.3) is 0 Å². The van der Waals surface area contributed by atoms with E-state index in [1.54, 1.807) is 24.1 Å². The van der Waals surface area contributed by atoms with Gasteiger partial charge in [0.2, 0.25) is 0 Å². The van der Waals surface area contributed by atoms with Crippen molar-refractivity contribution >= 4 is 23.4 Å². The number of rotatable bonds is 6. The van der Waals surface area contributed by atoms with E-state index in [1.807, 2.05) is 24.3 Å². The van der Waals surface area contributed by atoms with Gasteiger partial charge in [-0.25, -0.2) is 4.79 Å². The maximum Gasteiger partial charge on any atom is 0.320 e. The van der Waals surface area contributed by atoms with Gasteiger partial charge in [0, 0.05) is 36.4 Å². The molecular formula is C16H19ClN4O2. The van der Waals surface area contributed by atoms with Gasteiger partial charge < -0.3 is 10.1 Å². The van der Waals surface area contributed by atoms with Gasteiger partial charge in [0.05, 0.1) is 13.2 Å². The standard InChI is InChI=1S/C16H19ClN4O2/c1-23-8-7-21-6-5-15(20-21)19-16(22)18-14-10-13(14)11-3-2-4-12(17)9-11/h2-6,9,13-14H,7-8,10H2,1H3,(H2,18,19,20,22)/t13-,14+/m0/s1. The molecule has 1 aromatic heterocycles. The second kappa shape index (κ2) is 7.02. The first-order chi connectivity index (χ1) is 11.2. The fourth-order valence-electron chi connectivity index (χ4n) is 2.52. The predicted molar refractivity (Wildman–Crippen MR) is 88.9 cm³/mol. The second-order valence-corrected chi connectivity index (χ2v) is 6.00. The van der Waals surface area contributed by atoms with Crippen molar-refractivity contribution in [1.82, 2.24) is 15.1 Å². The summed E-state index contributed by atoms with van der Waals surface area (Å²) in [5.41, 5.74) is 1.16. The molecule has 0 unspecified atom stereocenters. The summed E-state index contributed by atoms with van der Waals surface area (Å²) >= 11 is 6.00. The minimum atomic E-state index is -0.239. The Labute approximate surface area is 139 Å². The summed E-state index contributed by atoms with van der Waals surface area (Å²) in [6.45, 7) is 1.23. The molecule has 6 nitrogen and oxygen atoms in total. The van der Waals surface area contributed by atoms with Crippen LogP contribution in [0.15, 0.2) is 36.5 Å². The second-order valence-electron chi connectivity index (χ2n) is 5.56. The third kappa shape index (κ3) is 4.24. The zero-order valence-corrected chi connectivity index (χ0v) is 13.6. The van der Waals surface area contributed by atoms with Gasteiger partial charge in [0.1, 0.15) is 0 Å². The molecule has 122 valence electrons. The van der Waals surface area contributed by atoms with E-state index in [4.69, 9.17) is 16.3 Å². The molecule has 2 N–H and O–H groups in total. The molecular weight excluding hydrogens is 316 g/mol. The highest BCUT2D eigenvalue weighted by Gasteiger charge is 2.39. The van der Waals surface area contributed by atoms with Crippen molar-refractivity contribution in [3.8, 4) is 0 Å². The summed E-state index contributed by atoms with van der Waals surface area (Å²) in [7, 11) is 1.64. The number of amides is 2. The van der Waals surface area contributed by atoms with Gasteiger partial charge in [-0.2, -0.15) is 5.10 Å². The number of hydrogen-bond donors (Lipinski definition) is 2. The molecule has 1 saturated carbocycles. The van der Waals surface area contributed by atoms with Gasteiger partial charge in [-0.05, 0) is 24.1 Å². The van der Waals surface area contributed by atoms with Crippen LogP contribution in [0, 0.1) is 0 Å². The quantitative estimate of drug-likeness (QED) is 0.853. The minimum Gasteiger partial charge on any atom is -0.383 e. The van der Waals surface area contributed by atoms with E-state index in [1.165, 1.54) is 0 Å². The number of nitrogens with zero attached hydrogens (tertiary/aromatic N) is 2. The monoisotopic (exact) mass is 334 g/mol. The average Bonchev–Trinajstić information content (AvgIpc) is 3.14. The highest BCUT2D eigenvalue weighted by Crippen LogP contribution is 2.41. The Hall–Kier alpha value is -2.05. The summed E-state index contributed by atoms with van der Waals surface area (Å²) in [6.07, 6.45) is 2.73. The Balaban J connectivity index is 1.48. The predicted octanol–water partition coefficient (Wildman–Crippen LogP) is 2.86. The average molecular weight is 335 g/mol. The van der Waals surface area contributed by atoms with E-state index in [2.05, 4.69) is 15.7 Å². The molecule has 0 bridgehead atoms. The molecule has 1 aliphatic rings. The van der Waals surface area contributed by atoms with E-state index in [0.29, 0.717) is 24.9 Å². The van der Waals surface area contributed by atoms with Crippen LogP contribution in [0.2, 0.25) is 5.02 Å². The molecule has 1 aromatic carbocycles. The number of aromatic nitrogens is 2. The molecule has 7 heteroatoms. The molecule has 0 aliphatic heterocycles. The third-order valence-corrected chi connectivity index (χ3v) is 4.03. The molecule has 3 rings (SSSR count). The molecule has 2 aromatic rings. The number of anilines is 1. The number of carbonyl (C=O) groups excluding carboxylic acids is 1. The summed E-state index contributed by atoms with van der Waals surface area (Å²) in [6, 6.07) is 9.43. The lowest BCUT2D eigenvalue weighted by molar-refractivity contribution is 0.183. The van der Waals surface area contributed by atoms with Crippen LogP contribution in [0.1, 0.15) is 17.9 Å². The van der Waals surface area contributed by atoms with Crippen LogP contribution in [-0.4, -0.2) is 35.6 Å². The van der Waals surface area contributed by atoms with Gasteiger partial charge in [-0.1, -0.05) is 23.7 Å². The van der Waals surface area contributed by atoms with Crippen LogP contribution in [0.3, 0.4) is 0 Å². The molecule has 0 radical (unpaired) electrons. The van der Waals surface area contributed by atoms with Crippen molar-refractivity contribution in [1.29, 1.82) is 0 Å². The van der Waals surface area contributed by atoms with Crippen molar-refractivity contribution in [3.05, 3.63) is 47.1 Å². The van der Waals surface area contributed by atoms with E-state index in [-0.39, 0.29) is 12.1 Å². The Bertz CT molecular complexity index is 688. The first kappa shape index (κ1) is 15.8. The number of benzene rings is 1. The van der Waals surface area contributed by atoms with E-state index in [9.17, 15) is 4.79 Å². The summed E-state index contributed by atoms with van der Waals surface area (Å²) < 4.78 is 6.72. The van der Waals surface area contributed by atoms with Gasteiger partial charge in [0.15, 0.2) is 5.82 Å². The largest absolute Gasteiger partial charge is 0.383 e. The highest BCUT2D eigenvalue weighted by atomic mass is 35.5. The van der Waals surface area contributed by atoms with Crippen LogP contribution in [0.5, 0.6) is 0 Å². The summed E-state index contributed by atoms with van der Waals surface area (Å²) in [4.78, 5) is 12.0. The van der Waals surface area contributed by atoms with Crippen molar-refractivity contribution in [2.24, 2.45) is 0 Å². The molecule has 0 saturated heterocycles. The molecule has 2 atom stereocenters. The fraction of sp³-hybridized carbons (Fsp3) is 0.375. The lowest BCUT2D eigenvalue weighted by Crippen LogP contribution is -2.31. The molecule has 23 heavy (non-hydrogen) atoms. The van der Waals surface area contributed by atoms with Gasteiger partial charge in [0.25, 0.3) is 0 Å². The fourth-order valence-corrected chi connectivity index (χ4v) is 2.72. The smallest absolute Gasteiger partial charge is 0.320 e. The van der Waals surface area contributed by atoms with E-state index in [0.717, 1.165) is 17.0 Å². The Morgan fingerprint density at radius 1 is 1.48 bits per heavy atom. The Morgan fingerprint density at radius 2 is 2.35 bits per heavy atom. The van der Waals surface area contributed by atoms with E-state index < -0.39 is 0 Å². The minimum absolute atomic E-state index is 0.143. The van der Waals surface area contributed by atoms with Gasteiger partial charge >= 0.3 is 6.03 Å². The lowest BCUT2D eigenvalue weighted by Gasteiger charge is -2.06. The molecule has 1 fully saturated rings. The van der Waals surface area contributed by atoms with Crippen molar-refractivity contribution in [3.63, 3.8) is 0 Å². The van der Waals surface area contributed by atoms with Gasteiger partial charge in [-0.3, -0.25) is 10.00 Å². The van der Waals surface area contributed by atoms with E-state index >= 15 is 0 Å².